The molecule has 1 aliphatic rings. The normalized spacial score (nSPS) is 12.4. The number of nitrogen functional groups attached to an aromatic ring is 1. The minimum Gasteiger partial charge on any atom is -0.465 e. The number of ether oxygens (including phenoxy) is 1. The minimum absolute atomic E-state index is 0.0227. The highest BCUT2D eigenvalue weighted by molar-refractivity contribution is 6.23. The van der Waals surface area contributed by atoms with Gasteiger partial charge in [-0.3, -0.25) is 24.3 Å². The van der Waals surface area contributed by atoms with E-state index < -0.39 is 23.3 Å². The summed E-state index contributed by atoms with van der Waals surface area (Å²) < 4.78 is 5.90. The van der Waals surface area contributed by atoms with Gasteiger partial charge in [0.1, 0.15) is 5.82 Å². The lowest BCUT2D eigenvalue weighted by atomic mass is 10.0. The zero-order valence-corrected chi connectivity index (χ0v) is 15.3. The van der Waals surface area contributed by atoms with Crippen molar-refractivity contribution < 1.29 is 19.1 Å². The molecule has 0 bridgehead atoms. The van der Waals surface area contributed by atoms with Gasteiger partial charge in [0.05, 0.1) is 29.5 Å². The molecule has 0 atom stereocenters. The summed E-state index contributed by atoms with van der Waals surface area (Å²) in [7, 11) is 1.30. The number of hydrogen-bond acceptors (Lipinski definition) is 6. The average molecular weight is 389 g/mol. The van der Waals surface area contributed by atoms with Gasteiger partial charge < -0.3 is 10.5 Å². The van der Waals surface area contributed by atoms with Gasteiger partial charge in [0.2, 0.25) is 0 Å². The Hall–Kier alpha value is -4.20. The Labute approximate surface area is 164 Å². The largest absolute Gasteiger partial charge is 0.465 e. The third-order valence-electron chi connectivity index (χ3n) is 4.72. The van der Waals surface area contributed by atoms with Crippen LogP contribution in [0.2, 0.25) is 0 Å². The molecule has 2 aromatic carbocycles. The molecule has 0 radical (unpaired) electrons. The maximum atomic E-state index is 12.7. The molecule has 8 nitrogen and oxygen atoms in total. The quantitative estimate of drug-likeness (QED) is 0.520. The van der Waals surface area contributed by atoms with Gasteiger partial charge in [0, 0.05) is 11.6 Å². The molecular weight excluding hydrogens is 374 g/mol. The maximum Gasteiger partial charge on any atom is 0.337 e. The van der Waals surface area contributed by atoms with Crippen molar-refractivity contribution in [2.75, 3.05) is 12.8 Å². The van der Waals surface area contributed by atoms with E-state index in [-0.39, 0.29) is 16.9 Å². The van der Waals surface area contributed by atoms with E-state index in [1.807, 2.05) is 0 Å². The van der Waals surface area contributed by atoms with Crippen molar-refractivity contribution in [3.63, 3.8) is 0 Å². The molecule has 1 aliphatic heterocycles. The van der Waals surface area contributed by atoms with Crippen LogP contribution in [-0.2, 0) is 4.74 Å². The van der Waals surface area contributed by atoms with E-state index in [9.17, 15) is 19.2 Å². The number of methoxy groups -OCH3 is 1. The molecule has 29 heavy (non-hydrogen) atoms. The summed E-state index contributed by atoms with van der Waals surface area (Å²) in [5, 5.41) is 2.14. The first-order valence-corrected chi connectivity index (χ1v) is 8.61. The van der Waals surface area contributed by atoms with Crippen LogP contribution >= 0.6 is 0 Å². The number of fused-ring (bicyclic) bond motifs is 1. The average Bonchev–Trinajstić information content (AvgIpc) is 3.01. The zero-order valence-electron chi connectivity index (χ0n) is 15.3. The first-order valence-electron chi connectivity index (χ1n) is 8.61. The van der Waals surface area contributed by atoms with E-state index in [0.717, 1.165) is 11.6 Å². The first kappa shape index (κ1) is 18.2. The van der Waals surface area contributed by atoms with Gasteiger partial charge in [0.15, 0.2) is 0 Å². The van der Waals surface area contributed by atoms with Gasteiger partial charge in [-0.05, 0) is 23.8 Å². The van der Waals surface area contributed by atoms with Crippen LogP contribution in [-0.4, -0.2) is 29.5 Å². The highest BCUT2D eigenvalue weighted by Gasteiger charge is 2.32. The second-order valence-corrected chi connectivity index (χ2v) is 6.36. The van der Waals surface area contributed by atoms with E-state index in [2.05, 4.69) is 5.32 Å². The Bertz CT molecular complexity index is 1240. The molecular formula is C21H15N3O5. The highest BCUT2D eigenvalue weighted by Crippen LogP contribution is 2.30. The van der Waals surface area contributed by atoms with Crippen molar-refractivity contribution in [3.8, 4) is 16.8 Å². The van der Waals surface area contributed by atoms with Crippen LogP contribution in [0, 0.1) is 0 Å². The van der Waals surface area contributed by atoms with Crippen LogP contribution in [0.4, 0.5) is 5.82 Å². The lowest BCUT2D eigenvalue weighted by Gasteiger charge is -2.16. The number of nitrogens with zero attached hydrogens (tertiary/aromatic N) is 1. The smallest absolute Gasteiger partial charge is 0.337 e. The molecule has 0 aliphatic carbocycles. The number of hydrogen-bond donors (Lipinski definition) is 2. The third-order valence-corrected chi connectivity index (χ3v) is 4.72. The van der Waals surface area contributed by atoms with E-state index >= 15 is 0 Å². The van der Waals surface area contributed by atoms with Gasteiger partial charge in [-0.25, -0.2) is 4.79 Å². The third kappa shape index (κ3) is 2.87. The fourth-order valence-electron chi connectivity index (χ4n) is 3.34. The molecule has 2 amide bonds. The topological polar surface area (TPSA) is 120 Å². The van der Waals surface area contributed by atoms with Crippen LogP contribution in [0.1, 0.15) is 31.1 Å². The van der Waals surface area contributed by atoms with Crippen molar-refractivity contribution >= 4 is 23.6 Å². The number of amides is 2. The SMILES string of the molecule is COC(=O)c1ccc(-c2ccccc2-n2c(N)c3c(cc2=O)C(=O)NC3=O)cc1. The molecule has 0 saturated heterocycles. The van der Waals surface area contributed by atoms with Gasteiger partial charge >= 0.3 is 5.97 Å². The molecule has 8 heteroatoms. The highest BCUT2D eigenvalue weighted by atomic mass is 16.5. The number of esters is 1. The number of para-hydroxylation sites is 1. The summed E-state index contributed by atoms with van der Waals surface area (Å²) in [4.78, 5) is 48.4. The van der Waals surface area contributed by atoms with Gasteiger partial charge in [-0.1, -0.05) is 30.3 Å². The summed E-state index contributed by atoms with van der Waals surface area (Å²) in [5.41, 5.74) is 7.75. The predicted molar refractivity (Wildman–Crippen MR) is 105 cm³/mol. The van der Waals surface area contributed by atoms with E-state index in [1.54, 1.807) is 48.5 Å². The fraction of sp³-hybridized carbons (Fsp3) is 0.0476. The van der Waals surface area contributed by atoms with Crippen LogP contribution in [0.25, 0.3) is 16.8 Å². The molecule has 0 spiro atoms. The van der Waals surface area contributed by atoms with Crippen LogP contribution in [0.5, 0.6) is 0 Å². The van der Waals surface area contributed by atoms with E-state index in [1.165, 1.54) is 11.7 Å². The molecule has 3 N–H and O–H groups in total. The number of pyridine rings is 1. The lowest BCUT2D eigenvalue weighted by Crippen LogP contribution is -2.24. The molecule has 1 aromatic heterocycles. The van der Waals surface area contributed by atoms with Crippen LogP contribution in [0.3, 0.4) is 0 Å². The van der Waals surface area contributed by atoms with Crippen molar-refractivity contribution in [2.45, 2.75) is 0 Å². The first-order chi connectivity index (χ1) is 13.9. The van der Waals surface area contributed by atoms with Crippen molar-refractivity contribution in [1.29, 1.82) is 0 Å². The monoisotopic (exact) mass is 389 g/mol. The Balaban J connectivity index is 1.90. The zero-order chi connectivity index (χ0) is 20.7. The number of anilines is 1. The van der Waals surface area contributed by atoms with Gasteiger partial charge in [0.25, 0.3) is 17.4 Å². The van der Waals surface area contributed by atoms with E-state index in [4.69, 9.17) is 10.5 Å². The van der Waals surface area contributed by atoms with Crippen molar-refractivity contribution in [2.24, 2.45) is 0 Å². The summed E-state index contributed by atoms with van der Waals surface area (Å²) in [6.07, 6.45) is 0. The second kappa shape index (κ2) is 6.75. The summed E-state index contributed by atoms with van der Waals surface area (Å²) >= 11 is 0. The Morgan fingerprint density at radius 3 is 2.34 bits per heavy atom. The number of nitrogens with two attached hydrogens (primary N) is 1. The molecule has 2 heterocycles. The Morgan fingerprint density at radius 2 is 1.66 bits per heavy atom. The minimum atomic E-state index is -0.646. The van der Waals surface area contributed by atoms with Gasteiger partial charge in [-0.15, -0.1) is 0 Å². The number of rotatable bonds is 3. The number of benzene rings is 2. The molecule has 3 aromatic rings. The summed E-state index contributed by atoms with van der Waals surface area (Å²) in [6.45, 7) is 0. The van der Waals surface area contributed by atoms with Crippen LogP contribution in [0.15, 0.2) is 59.4 Å². The Morgan fingerprint density at radius 1 is 0.966 bits per heavy atom. The molecule has 0 unspecified atom stereocenters. The number of carbonyl (C=O) groups excluding carboxylic acids is 3. The fourth-order valence-corrected chi connectivity index (χ4v) is 3.34. The summed E-state index contributed by atoms with van der Waals surface area (Å²) in [5.74, 6) is -1.86. The predicted octanol–water partition coefficient (Wildman–Crippen LogP) is 1.76. The number of nitrogens with one attached hydrogen (secondary N) is 1. The molecule has 4 rings (SSSR count). The second-order valence-electron chi connectivity index (χ2n) is 6.36. The number of imide groups is 1. The number of carbonyl (C=O) groups is 3. The standard InChI is InChI=1S/C21H15N3O5/c1-29-21(28)12-8-6-11(7-9-12)13-4-2-3-5-15(13)24-16(25)10-14-17(18(24)22)20(27)23-19(14)26/h2-10H,22H2,1H3,(H,23,26,27). The van der Waals surface area contributed by atoms with Crippen LogP contribution < -0.4 is 16.6 Å². The number of aromatic nitrogens is 1. The van der Waals surface area contributed by atoms with E-state index in [0.29, 0.717) is 16.8 Å². The lowest BCUT2D eigenvalue weighted by molar-refractivity contribution is 0.0600. The summed E-state index contributed by atoms with van der Waals surface area (Å²) in [6, 6.07) is 14.7. The maximum absolute atomic E-state index is 12.7. The molecule has 0 fully saturated rings. The van der Waals surface area contributed by atoms with Crippen molar-refractivity contribution in [1.82, 2.24) is 9.88 Å². The van der Waals surface area contributed by atoms with Gasteiger partial charge in [-0.2, -0.15) is 0 Å². The molecule has 144 valence electrons. The van der Waals surface area contributed by atoms with Crippen molar-refractivity contribution in [3.05, 3.63) is 81.6 Å². The Kier molecular flexibility index (Phi) is 4.23. The molecule has 0 saturated carbocycles.